The number of piperidine rings is 1. The van der Waals surface area contributed by atoms with Crippen molar-refractivity contribution in [2.75, 3.05) is 20.1 Å². The molecule has 2 aromatic heterocycles. The van der Waals surface area contributed by atoms with E-state index in [1.807, 2.05) is 18.9 Å². The molecule has 0 radical (unpaired) electrons. The number of ether oxygens (including phenoxy) is 3. The number of aromatic nitrogens is 3. The van der Waals surface area contributed by atoms with Gasteiger partial charge in [0.05, 0.1) is 30.3 Å². The van der Waals surface area contributed by atoms with Crippen LogP contribution in [0.1, 0.15) is 78.5 Å². The second-order valence-electron chi connectivity index (χ2n) is 14.3. The number of halogens is 3. The predicted molar refractivity (Wildman–Crippen MR) is 173 cm³/mol. The van der Waals surface area contributed by atoms with Crippen LogP contribution in [0.25, 0.3) is 11.6 Å². The summed E-state index contributed by atoms with van der Waals surface area (Å²) in [5.74, 6) is -1.01. The average Bonchev–Trinajstić information content (AvgIpc) is 3.63. The Morgan fingerprint density at radius 1 is 1.12 bits per heavy atom. The third-order valence-corrected chi connectivity index (χ3v) is 8.95. The van der Waals surface area contributed by atoms with Gasteiger partial charge in [-0.3, -0.25) is 4.90 Å². The minimum Gasteiger partial charge on any atom is -0.474 e. The number of nitrogens with zero attached hydrogens (tertiary/aromatic N) is 6. The van der Waals surface area contributed by atoms with Crippen molar-refractivity contribution in [2.24, 2.45) is 0 Å². The first-order valence-electron chi connectivity index (χ1n) is 16.4. The standard InChI is InChI=1S/C35H43F3N6O5/c1-20(26-15-21(36)19-43(26)7)46-29-18-30(47-23-12-14-44(22(16-23)11-13-39)33(45)48-34(2,3)4)41-32(40-29)27-17-28(42-49-27)35(5,6)31-24(37)9-8-10-25(31)38/h8-10,17-18,20-23,26H,11-12,14-16,19H2,1-7H3/t20-,21-,22+,23-,26-/m0/s1. The van der Waals surface area contributed by atoms with Crippen molar-refractivity contribution < 1.29 is 36.7 Å². The summed E-state index contributed by atoms with van der Waals surface area (Å²) in [6, 6.07) is 8.20. The second kappa shape index (κ2) is 14.2. The highest BCUT2D eigenvalue weighted by molar-refractivity contribution is 5.68. The Morgan fingerprint density at radius 2 is 1.82 bits per heavy atom. The summed E-state index contributed by atoms with van der Waals surface area (Å²) in [6.45, 7) is 11.0. The van der Waals surface area contributed by atoms with Gasteiger partial charge in [-0.15, -0.1) is 0 Å². The molecule has 14 heteroatoms. The number of alkyl halides is 1. The Labute approximate surface area is 284 Å². The molecular weight excluding hydrogens is 641 g/mol. The maximum absolute atomic E-state index is 14.8. The summed E-state index contributed by atoms with van der Waals surface area (Å²) in [5.41, 5.74) is -1.83. The van der Waals surface area contributed by atoms with Gasteiger partial charge in [-0.25, -0.2) is 18.0 Å². The fraction of sp³-hybridized carbons (Fsp3) is 0.571. The van der Waals surface area contributed by atoms with Crippen molar-refractivity contribution in [1.82, 2.24) is 24.9 Å². The molecule has 2 saturated heterocycles. The zero-order valence-corrected chi connectivity index (χ0v) is 28.9. The molecule has 0 N–H and O–H groups in total. The Morgan fingerprint density at radius 3 is 2.45 bits per heavy atom. The molecule has 0 saturated carbocycles. The minimum absolute atomic E-state index is 0.0474. The summed E-state index contributed by atoms with van der Waals surface area (Å²) in [5, 5.41) is 13.6. The van der Waals surface area contributed by atoms with Crippen molar-refractivity contribution in [3.05, 3.63) is 53.2 Å². The molecule has 4 heterocycles. The van der Waals surface area contributed by atoms with Crippen LogP contribution in [0.3, 0.4) is 0 Å². The lowest BCUT2D eigenvalue weighted by Crippen LogP contribution is -2.50. The summed E-state index contributed by atoms with van der Waals surface area (Å²) in [4.78, 5) is 25.5. The molecule has 49 heavy (non-hydrogen) atoms. The van der Waals surface area contributed by atoms with E-state index in [4.69, 9.17) is 18.7 Å². The van der Waals surface area contributed by atoms with Crippen LogP contribution in [-0.4, -0.2) is 87.2 Å². The van der Waals surface area contributed by atoms with E-state index in [1.54, 1.807) is 39.5 Å². The van der Waals surface area contributed by atoms with Crippen LogP contribution in [0.15, 0.2) is 34.9 Å². The maximum atomic E-state index is 14.8. The van der Waals surface area contributed by atoms with Crippen LogP contribution in [0, 0.1) is 23.0 Å². The van der Waals surface area contributed by atoms with Crippen molar-refractivity contribution >= 4 is 6.09 Å². The van der Waals surface area contributed by atoms with E-state index in [0.29, 0.717) is 32.4 Å². The van der Waals surface area contributed by atoms with Crippen LogP contribution in [0.5, 0.6) is 11.8 Å². The SMILES string of the molecule is C[C@H](Oc1cc(O[C@H]2CCN(C(=O)OC(C)(C)C)[C@H](CC#N)C2)nc(-c2cc(C(C)(C)c3c(F)cccc3F)no2)n1)[C@@H]1C[C@H](F)CN1C. The lowest BCUT2D eigenvalue weighted by Gasteiger charge is -2.38. The third kappa shape index (κ3) is 8.26. The van der Waals surface area contributed by atoms with Crippen molar-refractivity contribution in [3.63, 3.8) is 0 Å². The number of hydrogen-bond donors (Lipinski definition) is 0. The molecule has 11 nitrogen and oxygen atoms in total. The topological polar surface area (TPSA) is 127 Å². The Bertz CT molecular complexity index is 1670. The number of likely N-dealkylation sites (tertiary alicyclic amines) is 2. The molecule has 2 aliphatic rings. The highest BCUT2D eigenvalue weighted by Crippen LogP contribution is 2.37. The molecule has 2 fully saturated rings. The number of hydrogen-bond acceptors (Lipinski definition) is 10. The fourth-order valence-electron chi connectivity index (χ4n) is 6.47. The van der Waals surface area contributed by atoms with Crippen molar-refractivity contribution in [1.29, 1.82) is 5.26 Å². The predicted octanol–water partition coefficient (Wildman–Crippen LogP) is 6.61. The Balaban J connectivity index is 1.43. The first kappa shape index (κ1) is 35.9. The lowest BCUT2D eigenvalue weighted by molar-refractivity contribution is -0.00382. The van der Waals surface area contributed by atoms with E-state index in [1.165, 1.54) is 30.3 Å². The Kier molecular flexibility index (Phi) is 10.4. The third-order valence-electron chi connectivity index (χ3n) is 8.95. The molecule has 264 valence electrons. The van der Waals surface area contributed by atoms with Gasteiger partial charge in [0.1, 0.15) is 35.6 Å². The van der Waals surface area contributed by atoms with E-state index in [0.717, 1.165) is 0 Å². The van der Waals surface area contributed by atoms with Gasteiger partial charge in [0.2, 0.25) is 23.3 Å². The van der Waals surface area contributed by atoms with E-state index < -0.39 is 53.2 Å². The number of likely N-dealkylation sites (N-methyl/N-ethyl adjacent to an activating group) is 1. The van der Waals surface area contributed by atoms with Crippen LogP contribution in [0.2, 0.25) is 0 Å². The summed E-state index contributed by atoms with van der Waals surface area (Å²) < 4.78 is 67.5. The van der Waals surface area contributed by atoms with Gasteiger partial charge in [0.25, 0.3) is 0 Å². The largest absolute Gasteiger partial charge is 0.474 e. The fourth-order valence-corrected chi connectivity index (χ4v) is 6.47. The molecule has 1 aromatic carbocycles. The van der Waals surface area contributed by atoms with Gasteiger partial charge in [0, 0.05) is 49.0 Å². The van der Waals surface area contributed by atoms with Gasteiger partial charge in [-0.1, -0.05) is 11.2 Å². The van der Waals surface area contributed by atoms with Gasteiger partial charge >= 0.3 is 6.09 Å². The normalized spacial score (nSPS) is 22.4. The van der Waals surface area contributed by atoms with Crippen molar-refractivity contribution in [2.45, 2.75) is 109 Å². The summed E-state index contributed by atoms with van der Waals surface area (Å²) in [7, 11) is 1.83. The number of rotatable bonds is 9. The van der Waals surface area contributed by atoms with Crippen LogP contribution in [0.4, 0.5) is 18.0 Å². The zero-order chi connectivity index (χ0) is 35.7. The zero-order valence-electron chi connectivity index (χ0n) is 28.9. The highest BCUT2D eigenvalue weighted by atomic mass is 19.1. The molecule has 0 aliphatic carbocycles. The molecular formula is C35H43F3N6O5. The maximum Gasteiger partial charge on any atom is 0.410 e. The van der Waals surface area contributed by atoms with E-state index >= 15 is 0 Å². The number of carbonyl (C=O) groups excluding carboxylic acids is 1. The van der Waals surface area contributed by atoms with E-state index in [9.17, 15) is 23.2 Å². The first-order valence-corrected chi connectivity index (χ1v) is 16.4. The minimum atomic E-state index is -1.22. The molecule has 0 bridgehead atoms. The molecule has 5 atom stereocenters. The second-order valence-corrected chi connectivity index (χ2v) is 14.3. The average molecular weight is 685 g/mol. The highest BCUT2D eigenvalue weighted by Gasteiger charge is 2.37. The molecule has 3 aromatic rings. The number of benzene rings is 1. The number of carbonyl (C=O) groups is 1. The van der Waals surface area contributed by atoms with Crippen LogP contribution >= 0.6 is 0 Å². The summed E-state index contributed by atoms with van der Waals surface area (Å²) in [6.07, 6.45) is -1.16. The van der Waals surface area contributed by atoms with Gasteiger partial charge in [-0.05, 0) is 67.1 Å². The molecule has 2 aliphatic heterocycles. The smallest absolute Gasteiger partial charge is 0.410 e. The van der Waals surface area contributed by atoms with Crippen LogP contribution < -0.4 is 9.47 Å². The quantitative estimate of drug-likeness (QED) is 0.243. The van der Waals surface area contributed by atoms with E-state index in [-0.39, 0.29) is 47.1 Å². The van der Waals surface area contributed by atoms with Gasteiger partial charge in [-0.2, -0.15) is 15.2 Å². The number of amides is 1. The molecule has 0 unspecified atom stereocenters. The Hall–Kier alpha value is -4.38. The summed E-state index contributed by atoms with van der Waals surface area (Å²) >= 11 is 0. The lowest BCUT2D eigenvalue weighted by atomic mass is 9.80. The molecule has 5 rings (SSSR count). The van der Waals surface area contributed by atoms with Crippen molar-refractivity contribution in [3.8, 4) is 29.4 Å². The number of nitriles is 1. The van der Waals surface area contributed by atoms with E-state index in [2.05, 4.69) is 21.2 Å². The van der Waals surface area contributed by atoms with Crippen LogP contribution in [-0.2, 0) is 10.2 Å². The first-order chi connectivity index (χ1) is 23.0. The monoisotopic (exact) mass is 684 g/mol. The molecule has 0 spiro atoms. The molecule has 1 amide bonds. The van der Waals surface area contributed by atoms with Gasteiger partial charge in [0.15, 0.2) is 0 Å². The van der Waals surface area contributed by atoms with Gasteiger partial charge < -0.3 is 23.6 Å².